The van der Waals surface area contributed by atoms with Gasteiger partial charge < -0.3 is 10.2 Å². The van der Waals surface area contributed by atoms with E-state index in [2.05, 4.69) is 0 Å². The first kappa shape index (κ1) is 11.9. The van der Waals surface area contributed by atoms with Crippen molar-refractivity contribution in [3.05, 3.63) is 34.4 Å². The van der Waals surface area contributed by atoms with E-state index < -0.39 is 40.7 Å². The van der Waals surface area contributed by atoms with Crippen LogP contribution in [0.25, 0.3) is 0 Å². The van der Waals surface area contributed by atoms with E-state index in [4.69, 9.17) is 16.7 Å². The minimum absolute atomic E-state index is 0.529. The molecule has 15 heavy (non-hydrogen) atoms. The molecular weight excluding hydrogens is 230 g/mol. The van der Waals surface area contributed by atoms with Crippen LogP contribution in [0.3, 0.4) is 0 Å². The van der Waals surface area contributed by atoms with Crippen molar-refractivity contribution in [3.8, 4) is 0 Å². The fraction of sp³-hybridized carbons (Fsp3) is 0.222. The first-order chi connectivity index (χ1) is 6.93. The van der Waals surface area contributed by atoms with Gasteiger partial charge in [0.2, 0.25) is 0 Å². The highest BCUT2D eigenvalue weighted by atomic mass is 35.5. The second-order valence-corrected chi connectivity index (χ2v) is 3.25. The van der Waals surface area contributed by atoms with Gasteiger partial charge in [0.15, 0.2) is 0 Å². The monoisotopic (exact) mass is 236 g/mol. The van der Waals surface area contributed by atoms with Gasteiger partial charge >= 0.3 is 5.97 Å². The quantitative estimate of drug-likeness (QED) is 0.791. The van der Waals surface area contributed by atoms with E-state index in [0.717, 1.165) is 12.1 Å². The highest BCUT2D eigenvalue weighted by Crippen LogP contribution is 2.29. The Balaban J connectivity index is 3.12. The Labute approximate surface area is 88.9 Å². The van der Waals surface area contributed by atoms with Crippen LogP contribution in [0.15, 0.2) is 12.1 Å². The molecule has 0 saturated carbocycles. The van der Waals surface area contributed by atoms with Crippen molar-refractivity contribution in [2.75, 3.05) is 0 Å². The zero-order chi connectivity index (χ0) is 11.6. The molecule has 0 unspecified atom stereocenters. The molecule has 1 atom stereocenters. The number of aliphatic hydroxyl groups is 1. The molecule has 0 aliphatic heterocycles. The summed E-state index contributed by atoms with van der Waals surface area (Å²) in [6.07, 6.45) is -2.40. The van der Waals surface area contributed by atoms with Crippen molar-refractivity contribution in [1.82, 2.24) is 0 Å². The van der Waals surface area contributed by atoms with Gasteiger partial charge in [-0.2, -0.15) is 0 Å². The smallest absolute Gasteiger partial charge is 0.306 e. The summed E-state index contributed by atoms with van der Waals surface area (Å²) in [6, 6.07) is 1.58. The largest absolute Gasteiger partial charge is 0.481 e. The van der Waals surface area contributed by atoms with Crippen LogP contribution >= 0.6 is 11.6 Å². The summed E-state index contributed by atoms with van der Waals surface area (Å²) in [4.78, 5) is 10.3. The molecule has 6 heteroatoms. The van der Waals surface area contributed by atoms with Gasteiger partial charge in [-0.05, 0) is 12.1 Å². The molecule has 1 rings (SSSR count). The minimum Gasteiger partial charge on any atom is -0.481 e. The molecule has 0 bridgehead atoms. The fourth-order valence-electron chi connectivity index (χ4n) is 1.12. The van der Waals surface area contributed by atoms with Gasteiger partial charge in [0.05, 0.1) is 17.5 Å². The second kappa shape index (κ2) is 4.55. The van der Waals surface area contributed by atoms with Crippen LogP contribution in [0.4, 0.5) is 8.78 Å². The van der Waals surface area contributed by atoms with E-state index in [9.17, 15) is 18.7 Å². The summed E-state index contributed by atoms with van der Waals surface area (Å²) in [6.45, 7) is 0. The van der Waals surface area contributed by atoms with E-state index >= 15 is 0 Å². The molecule has 0 spiro atoms. The summed E-state index contributed by atoms with van der Waals surface area (Å²) >= 11 is 5.41. The highest BCUT2D eigenvalue weighted by Gasteiger charge is 2.21. The first-order valence-electron chi connectivity index (χ1n) is 3.96. The van der Waals surface area contributed by atoms with Gasteiger partial charge in [-0.15, -0.1) is 0 Å². The Morgan fingerprint density at radius 2 is 1.93 bits per heavy atom. The Kier molecular flexibility index (Phi) is 3.60. The van der Waals surface area contributed by atoms with Crippen LogP contribution in [0.5, 0.6) is 0 Å². The number of halogens is 3. The van der Waals surface area contributed by atoms with Gasteiger partial charge in [0, 0.05) is 5.56 Å². The normalized spacial score (nSPS) is 12.5. The molecule has 0 heterocycles. The Morgan fingerprint density at radius 1 is 1.40 bits per heavy atom. The van der Waals surface area contributed by atoms with Crippen LogP contribution in [-0.4, -0.2) is 16.2 Å². The predicted molar refractivity (Wildman–Crippen MR) is 48.6 cm³/mol. The number of aliphatic carboxylic acids is 1. The fourth-order valence-corrected chi connectivity index (χ4v) is 1.39. The molecular formula is C9H7ClF2O3. The topological polar surface area (TPSA) is 57.5 Å². The standard InChI is InChI=1S/C9H7ClF2O3/c10-9-5(12)2-1-4(11)8(9)6(13)3-7(14)15/h1-2,6,13H,3H2,(H,14,15)/t6-/m0/s1. The van der Waals surface area contributed by atoms with Crippen LogP contribution in [-0.2, 0) is 4.79 Å². The van der Waals surface area contributed by atoms with Crippen LogP contribution < -0.4 is 0 Å². The third-order valence-electron chi connectivity index (χ3n) is 1.78. The maximum atomic E-state index is 13.1. The highest BCUT2D eigenvalue weighted by molar-refractivity contribution is 6.31. The zero-order valence-corrected chi connectivity index (χ0v) is 8.13. The lowest BCUT2D eigenvalue weighted by molar-refractivity contribution is -0.139. The lowest BCUT2D eigenvalue weighted by Crippen LogP contribution is -2.08. The number of carboxylic acids is 1. The summed E-state index contributed by atoms with van der Waals surface area (Å²) in [5, 5.41) is 17.1. The van der Waals surface area contributed by atoms with Gasteiger partial charge in [-0.1, -0.05) is 11.6 Å². The van der Waals surface area contributed by atoms with Crippen LogP contribution in [0.1, 0.15) is 18.1 Å². The Bertz CT molecular complexity index is 395. The van der Waals surface area contributed by atoms with E-state index in [1.54, 1.807) is 0 Å². The number of aliphatic hydroxyl groups excluding tert-OH is 1. The first-order valence-corrected chi connectivity index (χ1v) is 4.34. The molecule has 0 aliphatic carbocycles. The van der Waals surface area contributed by atoms with Crippen molar-refractivity contribution < 1.29 is 23.8 Å². The van der Waals surface area contributed by atoms with Crippen molar-refractivity contribution in [3.63, 3.8) is 0 Å². The van der Waals surface area contributed by atoms with Crippen LogP contribution in [0, 0.1) is 11.6 Å². The Hall–Kier alpha value is -1.20. The maximum Gasteiger partial charge on any atom is 0.306 e. The maximum absolute atomic E-state index is 13.1. The molecule has 2 N–H and O–H groups in total. The van der Waals surface area contributed by atoms with Gasteiger partial charge in [0.25, 0.3) is 0 Å². The molecule has 82 valence electrons. The average molecular weight is 237 g/mol. The number of hydrogen-bond donors (Lipinski definition) is 2. The summed E-state index contributed by atoms with van der Waals surface area (Å²) in [7, 11) is 0. The number of carboxylic acid groups (broad SMARTS) is 1. The lowest BCUT2D eigenvalue weighted by Gasteiger charge is -2.11. The van der Waals surface area contributed by atoms with Gasteiger partial charge in [-0.3, -0.25) is 4.79 Å². The molecule has 3 nitrogen and oxygen atoms in total. The van der Waals surface area contributed by atoms with Crippen molar-refractivity contribution in [2.24, 2.45) is 0 Å². The minimum atomic E-state index is -1.66. The summed E-state index contributed by atoms with van der Waals surface area (Å²) in [5.74, 6) is -3.17. The molecule has 0 radical (unpaired) electrons. The molecule has 0 aromatic heterocycles. The molecule has 1 aromatic carbocycles. The lowest BCUT2D eigenvalue weighted by atomic mass is 10.1. The number of benzene rings is 1. The van der Waals surface area contributed by atoms with Crippen molar-refractivity contribution in [1.29, 1.82) is 0 Å². The molecule has 0 aliphatic rings. The number of rotatable bonds is 3. The number of carbonyl (C=O) groups is 1. The summed E-state index contributed by atoms with van der Waals surface area (Å²) in [5.41, 5.74) is -0.529. The predicted octanol–water partition coefficient (Wildman–Crippen LogP) is 2.13. The van der Waals surface area contributed by atoms with E-state index in [-0.39, 0.29) is 0 Å². The van der Waals surface area contributed by atoms with E-state index in [1.165, 1.54) is 0 Å². The van der Waals surface area contributed by atoms with Crippen molar-refractivity contribution >= 4 is 17.6 Å². The molecule has 0 amide bonds. The molecule has 0 saturated heterocycles. The summed E-state index contributed by atoms with van der Waals surface area (Å²) < 4.78 is 26.0. The van der Waals surface area contributed by atoms with Gasteiger partial charge in [0.1, 0.15) is 11.6 Å². The van der Waals surface area contributed by atoms with E-state index in [0.29, 0.717) is 0 Å². The van der Waals surface area contributed by atoms with Crippen molar-refractivity contribution in [2.45, 2.75) is 12.5 Å². The third kappa shape index (κ3) is 2.64. The second-order valence-electron chi connectivity index (χ2n) is 2.87. The SMILES string of the molecule is O=C(O)C[C@H](O)c1c(F)ccc(F)c1Cl. The van der Waals surface area contributed by atoms with E-state index in [1.807, 2.05) is 0 Å². The molecule has 0 fully saturated rings. The van der Waals surface area contributed by atoms with Crippen LogP contribution in [0.2, 0.25) is 5.02 Å². The van der Waals surface area contributed by atoms with Gasteiger partial charge in [-0.25, -0.2) is 8.78 Å². The third-order valence-corrected chi connectivity index (χ3v) is 2.16. The zero-order valence-electron chi connectivity index (χ0n) is 7.38. The number of hydrogen-bond acceptors (Lipinski definition) is 2. The average Bonchev–Trinajstić information content (AvgIpc) is 2.11. The molecule has 1 aromatic rings. The Morgan fingerprint density at radius 3 is 2.47 bits per heavy atom.